The number of halogens is 2. The third kappa shape index (κ3) is 4.82. The summed E-state index contributed by atoms with van der Waals surface area (Å²) >= 11 is -0.826. The van der Waals surface area contributed by atoms with Gasteiger partial charge in [-0.1, -0.05) is 63.1 Å². The molecule has 0 fully saturated rings. The van der Waals surface area contributed by atoms with E-state index in [0.717, 1.165) is 6.42 Å². The average Bonchev–Trinajstić information content (AvgIpc) is 3.00. The predicted molar refractivity (Wildman–Crippen MR) is 109 cm³/mol. The van der Waals surface area contributed by atoms with Crippen molar-refractivity contribution in [1.29, 1.82) is 0 Å². The van der Waals surface area contributed by atoms with Gasteiger partial charge in [0, 0.05) is 0 Å². The molecule has 0 aliphatic rings. The number of hydrogen-bond acceptors (Lipinski definition) is 0. The standard InChI is InChI=1S/C22H25.2ClH.Zr/c1-6-16-9-7-8-10-19(16)21-15(2)11-12-17-13-18(14-20(17)21)22(3,4)5;;;/h7-14H,6H2,1-5H3;2*1H;/q-1;;;+2/p-2. The molecule has 0 aliphatic carbocycles. The van der Waals surface area contributed by atoms with Crippen molar-refractivity contribution in [2.75, 3.05) is 0 Å². The molecule has 3 heteroatoms. The zero-order chi connectivity index (χ0) is 18.6. The second kappa shape index (κ2) is 8.94. The van der Waals surface area contributed by atoms with Crippen molar-refractivity contribution in [3.63, 3.8) is 0 Å². The molecule has 0 N–H and O–H groups in total. The van der Waals surface area contributed by atoms with Crippen LogP contribution >= 0.6 is 17.0 Å². The minimum atomic E-state index is -0.826. The van der Waals surface area contributed by atoms with E-state index in [4.69, 9.17) is 17.0 Å². The summed E-state index contributed by atoms with van der Waals surface area (Å²) in [4.78, 5) is 0. The van der Waals surface area contributed by atoms with E-state index in [0.29, 0.717) is 0 Å². The number of hydrogen-bond donors (Lipinski definition) is 0. The summed E-state index contributed by atoms with van der Waals surface area (Å²) in [7, 11) is 9.87. The normalized spacial score (nSPS) is 11.2. The van der Waals surface area contributed by atoms with Gasteiger partial charge in [0.15, 0.2) is 0 Å². The molecule has 0 heterocycles. The Bertz CT molecular complexity index is 841. The molecule has 3 aromatic rings. The molecular weight excluding hydrogens is 426 g/mol. The van der Waals surface area contributed by atoms with Crippen molar-refractivity contribution in [2.24, 2.45) is 0 Å². The Labute approximate surface area is 170 Å². The Morgan fingerprint density at radius 1 is 1.04 bits per heavy atom. The van der Waals surface area contributed by atoms with Gasteiger partial charge in [0.25, 0.3) is 0 Å². The van der Waals surface area contributed by atoms with Gasteiger partial charge in [-0.05, 0) is 29.9 Å². The van der Waals surface area contributed by atoms with Crippen LogP contribution in [0.3, 0.4) is 0 Å². The van der Waals surface area contributed by atoms with E-state index in [1.54, 1.807) is 0 Å². The van der Waals surface area contributed by atoms with Crippen LogP contribution in [0.25, 0.3) is 21.9 Å². The Morgan fingerprint density at radius 2 is 1.68 bits per heavy atom. The van der Waals surface area contributed by atoms with Crippen molar-refractivity contribution in [2.45, 2.75) is 46.5 Å². The van der Waals surface area contributed by atoms with Gasteiger partial charge in [-0.25, -0.2) is 0 Å². The monoisotopic (exact) mass is 449 g/mol. The maximum atomic E-state index is 4.93. The number of aryl methyl sites for hydroxylation is 2. The third-order valence-corrected chi connectivity index (χ3v) is 4.63. The molecule has 0 spiro atoms. The second-order valence-electron chi connectivity index (χ2n) is 7.34. The van der Waals surface area contributed by atoms with Gasteiger partial charge in [-0.15, -0.1) is 34.5 Å². The molecule has 0 unspecified atom stereocenters. The van der Waals surface area contributed by atoms with Crippen LogP contribution in [0.4, 0.5) is 0 Å². The molecule has 3 aromatic carbocycles. The van der Waals surface area contributed by atoms with Crippen LogP contribution < -0.4 is 0 Å². The van der Waals surface area contributed by atoms with Gasteiger partial charge in [-0.3, -0.25) is 0 Å². The first-order valence-electron chi connectivity index (χ1n) is 8.58. The molecular formula is C22H25Cl2Zr-. The quantitative estimate of drug-likeness (QED) is 0.349. The minimum absolute atomic E-state index is 0.189. The van der Waals surface area contributed by atoms with E-state index in [-0.39, 0.29) is 5.41 Å². The Morgan fingerprint density at radius 3 is 2.28 bits per heavy atom. The van der Waals surface area contributed by atoms with Crippen LogP contribution in [-0.4, -0.2) is 0 Å². The molecule has 25 heavy (non-hydrogen) atoms. The van der Waals surface area contributed by atoms with Gasteiger partial charge >= 0.3 is 37.9 Å². The van der Waals surface area contributed by atoms with E-state index in [9.17, 15) is 0 Å². The summed E-state index contributed by atoms with van der Waals surface area (Å²) in [6.07, 6.45) is 1.07. The topological polar surface area (TPSA) is 0 Å². The van der Waals surface area contributed by atoms with Crippen LogP contribution in [0.1, 0.15) is 44.4 Å². The summed E-state index contributed by atoms with van der Waals surface area (Å²) in [5.41, 5.74) is 7.19. The first-order chi connectivity index (χ1) is 11.8. The molecule has 0 nitrogen and oxygen atoms in total. The van der Waals surface area contributed by atoms with Gasteiger partial charge in [0.2, 0.25) is 0 Å². The SMILES string of the molecule is CCc1ccccc1-c1c(C)ccc2[cH-]c(C(C)(C)C)cc12.[Cl][Zr][Cl]. The third-order valence-electron chi connectivity index (χ3n) is 4.63. The fourth-order valence-corrected chi connectivity index (χ4v) is 3.25. The van der Waals surface area contributed by atoms with Crippen LogP contribution in [0.2, 0.25) is 0 Å². The summed E-state index contributed by atoms with van der Waals surface area (Å²) in [5, 5.41) is 2.75. The molecule has 3 rings (SSSR count). The molecule has 0 aliphatic heterocycles. The Kier molecular flexibility index (Phi) is 7.44. The first kappa shape index (κ1) is 20.8. The Hall–Kier alpha value is -0.487. The van der Waals surface area contributed by atoms with Crippen LogP contribution in [-0.2, 0) is 32.7 Å². The van der Waals surface area contributed by atoms with E-state index < -0.39 is 20.8 Å². The summed E-state index contributed by atoms with van der Waals surface area (Å²) in [6.45, 7) is 11.3. The van der Waals surface area contributed by atoms with E-state index in [2.05, 4.69) is 83.1 Å². The summed E-state index contributed by atoms with van der Waals surface area (Å²) < 4.78 is 0. The van der Waals surface area contributed by atoms with Crippen LogP contribution in [0.15, 0.2) is 48.5 Å². The summed E-state index contributed by atoms with van der Waals surface area (Å²) in [5.74, 6) is 0. The van der Waals surface area contributed by atoms with E-state index in [1.807, 2.05) is 0 Å². The summed E-state index contributed by atoms with van der Waals surface area (Å²) in [6, 6.07) is 18.1. The fraction of sp³-hybridized carbons (Fsp3) is 0.318. The van der Waals surface area contributed by atoms with Crippen molar-refractivity contribution >= 4 is 27.8 Å². The van der Waals surface area contributed by atoms with Crippen molar-refractivity contribution in [3.05, 3.63) is 65.2 Å². The van der Waals surface area contributed by atoms with Gasteiger partial charge in [0.1, 0.15) is 0 Å². The maximum absolute atomic E-state index is 4.93. The zero-order valence-corrected chi connectivity index (χ0v) is 19.6. The number of rotatable bonds is 2. The average molecular weight is 452 g/mol. The van der Waals surface area contributed by atoms with Crippen molar-refractivity contribution < 1.29 is 20.8 Å². The molecule has 0 saturated heterocycles. The second-order valence-corrected chi connectivity index (χ2v) is 11.1. The number of fused-ring (bicyclic) bond motifs is 1. The Balaban J connectivity index is 0.000000701. The van der Waals surface area contributed by atoms with Crippen LogP contribution in [0, 0.1) is 6.92 Å². The van der Waals surface area contributed by atoms with E-state index in [1.165, 1.54) is 38.6 Å². The molecule has 0 amide bonds. The molecule has 0 radical (unpaired) electrons. The fourth-order valence-electron chi connectivity index (χ4n) is 3.25. The van der Waals surface area contributed by atoms with Crippen molar-refractivity contribution in [3.8, 4) is 11.1 Å². The van der Waals surface area contributed by atoms with E-state index >= 15 is 0 Å². The first-order valence-corrected chi connectivity index (χ1v) is 14.9. The zero-order valence-electron chi connectivity index (χ0n) is 15.6. The van der Waals surface area contributed by atoms with Gasteiger partial charge < -0.3 is 0 Å². The van der Waals surface area contributed by atoms with Gasteiger partial charge in [-0.2, -0.15) is 6.07 Å². The molecule has 0 bridgehead atoms. The molecule has 132 valence electrons. The predicted octanol–water partition coefficient (Wildman–Crippen LogP) is 7.77. The molecule has 0 atom stereocenters. The van der Waals surface area contributed by atoms with Gasteiger partial charge in [0.05, 0.1) is 0 Å². The number of benzene rings is 2. The van der Waals surface area contributed by atoms with Crippen molar-refractivity contribution in [1.82, 2.24) is 0 Å². The van der Waals surface area contributed by atoms with Crippen LogP contribution in [0.5, 0.6) is 0 Å². The molecule has 0 saturated carbocycles. The molecule has 0 aromatic heterocycles.